The van der Waals surface area contributed by atoms with E-state index in [1.807, 2.05) is 19.0 Å². The van der Waals surface area contributed by atoms with Crippen LogP contribution >= 0.6 is 11.6 Å². The molecule has 29 heavy (non-hydrogen) atoms. The van der Waals surface area contributed by atoms with Gasteiger partial charge in [-0.15, -0.1) is 0 Å². The lowest BCUT2D eigenvalue weighted by molar-refractivity contribution is -0.140. The maximum atomic E-state index is 12.8. The molecule has 1 fully saturated rings. The molecular weight excluding hydrogens is 396 g/mol. The van der Waals surface area contributed by atoms with Crippen LogP contribution in [0.25, 0.3) is 5.76 Å². The number of furan rings is 1. The highest BCUT2D eigenvalue weighted by Crippen LogP contribution is 2.40. The van der Waals surface area contributed by atoms with E-state index in [0.29, 0.717) is 35.1 Å². The summed E-state index contributed by atoms with van der Waals surface area (Å²) >= 11 is 6.06. The van der Waals surface area contributed by atoms with E-state index in [1.54, 1.807) is 24.3 Å². The fourth-order valence-corrected chi connectivity index (χ4v) is 3.57. The molecule has 0 spiro atoms. The first-order valence-electron chi connectivity index (χ1n) is 9.15. The van der Waals surface area contributed by atoms with Gasteiger partial charge in [-0.05, 0) is 57.4 Å². The summed E-state index contributed by atoms with van der Waals surface area (Å²) in [7, 11) is 5.33. The van der Waals surface area contributed by atoms with Crippen molar-refractivity contribution in [1.29, 1.82) is 0 Å². The third kappa shape index (κ3) is 4.16. The van der Waals surface area contributed by atoms with E-state index in [9.17, 15) is 14.7 Å². The predicted octanol–water partition coefficient (Wildman–Crippen LogP) is 3.32. The number of nitrogens with zero attached hydrogens (tertiary/aromatic N) is 2. The van der Waals surface area contributed by atoms with Gasteiger partial charge in [-0.25, -0.2) is 0 Å². The molecule has 0 saturated carbocycles. The van der Waals surface area contributed by atoms with E-state index in [1.165, 1.54) is 24.3 Å². The number of carbonyl (C=O) groups is 2. The number of amides is 1. The van der Waals surface area contributed by atoms with Crippen LogP contribution < -0.4 is 4.74 Å². The Morgan fingerprint density at radius 3 is 2.69 bits per heavy atom. The molecule has 154 valence electrons. The third-order valence-corrected chi connectivity index (χ3v) is 5.09. The van der Waals surface area contributed by atoms with Gasteiger partial charge in [0.05, 0.1) is 24.0 Å². The predicted molar refractivity (Wildman–Crippen MR) is 109 cm³/mol. The lowest BCUT2D eigenvalue weighted by Gasteiger charge is -2.24. The van der Waals surface area contributed by atoms with Gasteiger partial charge in [0.25, 0.3) is 11.7 Å². The molecule has 2 aromatic rings. The minimum atomic E-state index is -0.797. The van der Waals surface area contributed by atoms with Crippen molar-refractivity contribution >= 4 is 29.1 Å². The lowest BCUT2D eigenvalue weighted by Crippen LogP contribution is -2.32. The van der Waals surface area contributed by atoms with Crippen molar-refractivity contribution in [2.24, 2.45) is 0 Å². The summed E-state index contributed by atoms with van der Waals surface area (Å²) in [6.45, 7) is 1.11. The maximum absolute atomic E-state index is 12.8. The number of hydrogen-bond acceptors (Lipinski definition) is 6. The first-order valence-corrected chi connectivity index (χ1v) is 9.53. The van der Waals surface area contributed by atoms with E-state index < -0.39 is 17.7 Å². The molecule has 1 aliphatic heterocycles. The van der Waals surface area contributed by atoms with E-state index in [2.05, 4.69) is 0 Å². The van der Waals surface area contributed by atoms with Crippen LogP contribution in [-0.2, 0) is 9.59 Å². The standard InChI is InChI=1S/C21H23ClN2O5/c1-23(2)9-5-10-24-18(15-6-4-11-29-15)17(20(26)21(24)27)19(25)13-7-8-14(22)16(12-13)28-3/h4,6-8,11-12,18,25H,5,9-10H2,1-3H3/b19-17-. The fourth-order valence-electron chi connectivity index (χ4n) is 3.37. The average Bonchev–Trinajstić information content (AvgIpc) is 3.30. The molecule has 0 bridgehead atoms. The maximum Gasteiger partial charge on any atom is 0.295 e. The Morgan fingerprint density at radius 2 is 2.07 bits per heavy atom. The summed E-state index contributed by atoms with van der Waals surface area (Å²) in [5, 5.41) is 11.3. The van der Waals surface area contributed by atoms with Gasteiger partial charge in [-0.2, -0.15) is 0 Å². The molecule has 7 nitrogen and oxygen atoms in total. The molecule has 8 heteroatoms. The Morgan fingerprint density at radius 1 is 1.31 bits per heavy atom. The Balaban J connectivity index is 2.06. The number of Topliss-reactive ketones (excluding diaryl/α,β-unsaturated/α-hetero) is 1. The minimum Gasteiger partial charge on any atom is -0.507 e. The molecule has 1 amide bonds. The molecule has 1 atom stereocenters. The van der Waals surface area contributed by atoms with Crippen LogP contribution in [0.2, 0.25) is 5.02 Å². The number of rotatable bonds is 7. The highest BCUT2D eigenvalue weighted by molar-refractivity contribution is 6.46. The molecule has 1 unspecified atom stereocenters. The SMILES string of the molecule is COc1cc(/C(O)=C2/C(=O)C(=O)N(CCCN(C)C)C2c2ccco2)ccc1Cl. The zero-order valence-corrected chi connectivity index (χ0v) is 17.3. The molecule has 1 N–H and O–H groups in total. The second-order valence-electron chi connectivity index (χ2n) is 7.01. The zero-order valence-electron chi connectivity index (χ0n) is 16.5. The molecular formula is C21H23ClN2O5. The second-order valence-corrected chi connectivity index (χ2v) is 7.42. The highest BCUT2D eigenvalue weighted by atomic mass is 35.5. The molecule has 3 rings (SSSR count). The quantitative estimate of drug-likeness (QED) is 0.422. The Hall–Kier alpha value is -2.77. The van der Waals surface area contributed by atoms with E-state index in [0.717, 1.165) is 6.54 Å². The van der Waals surface area contributed by atoms with Gasteiger partial charge in [0.2, 0.25) is 0 Å². The summed E-state index contributed by atoms with van der Waals surface area (Å²) in [5.41, 5.74) is 0.313. The van der Waals surface area contributed by atoms with Crippen molar-refractivity contribution in [3.63, 3.8) is 0 Å². The summed E-state index contributed by atoms with van der Waals surface area (Å²) in [5.74, 6) is -0.938. The fraction of sp³-hybridized carbons (Fsp3) is 0.333. The average molecular weight is 419 g/mol. The van der Waals surface area contributed by atoms with Crippen molar-refractivity contribution in [3.8, 4) is 5.75 Å². The summed E-state index contributed by atoms with van der Waals surface area (Å²) in [4.78, 5) is 29.0. The Labute approximate surface area is 174 Å². The van der Waals surface area contributed by atoms with Crippen molar-refractivity contribution in [2.75, 3.05) is 34.3 Å². The van der Waals surface area contributed by atoms with Gasteiger partial charge < -0.3 is 24.1 Å². The molecule has 2 heterocycles. The number of aliphatic hydroxyl groups excluding tert-OH is 1. The Kier molecular flexibility index (Phi) is 6.30. The van der Waals surface area contributed by atoms with Gasteiger partial charge in [0.1, 0.15) is 23.3 Å². The van der Waals surface area contributed by atoms with Gasteiger partial charge in [-0.1, -0.05) is 11.6 Å². The topological polar surface area (TPSA) is 83.2 Å². The van der Waals surface area contributed by atoms with Crippen LogP contribution in [0.4, 0.5) is 0 Å². The molecule has 1 aromatic heterocycles. The highest BCUT2D eigenvalue weighted by Gasteiger charge is 2.47. The number of halogens is 1. The summed E-state index contributed by atoms with van der Waals surface area (Å²) < 4.78 is 10.7. The third-order valence-electron chi connectivity index (χ3n) is 4.78. The van der Waals surface area contributed by atoms with E-state index in [4.69, 9.17) is 20.8 Å². The van der Waals surface area contributed by atoms with Gasteiger partial charge >= 0.3 is 0 Å². The number of benzene rings is 1. The largest absolute Gasteiger partial charge is 0.507 e. The van der Waals surface area contributed by atoms with Crippen molar-refractivity contribution in [3.05, 3.63) is 58.5 Å². The number of likely N-dealkylation sites (tertiary alicyclic amines) is 1. The van der Waals surface area contributed by atoms with Crippen LogP contribution in [0.15, 0.2) is 46.6 Å². The number of ketones is 1. The van der Waals surface area contributed by atoms with Crippen LogP contribution in [0.3, 0.4) is 0 Å². The van der Waals surface area contributed by atoms with Crippen LogP contribution in [0.1, 0.15) is 23.8 Å². The normalized spacial score (nSPS) is 18.7. The number of carbonyl (C=O) groups excluding carboxylic acids is 2. The van der Waals surface area contributed by atoms with Gasteiger partial charge in [0, 0.05) is 12.1 Å². The number of aliphatic hydroxyl groups is 1. The van der Waals surface area contributed by atoms with Crippen molar-refractivity contribution in [2.45, 2.75) is 12.5 Å². The van der Waals surface area contributed by atoms with Gasteiger partial charge in [-0.3, -0.25) is 9.59 Å². The van der Waals surface area contributed by atoms with Crippen LogP contribution in [0, 0.1) is 0 Å². The number of ether oxygens (including phenoxy) is 1. The van der Waals surface area contributed by atoms with Crippen molar-refractivity contribution in [1.82, 2.24) is 9.80 Å². The van der Waals surface area contributed by atoms with E-state index >= 15 is 0 Å². The van der Waals surface area contributed by atoms with Gasteiger partial charge in [0.15, 0.2) is 0 Å². The monoisotopic (exact) mass is 418 g/mol. The zero-order chi connectivity index (χ0) is 21.1. The summed E-state index contributed by atoms with van der Waals surface area (Å²) in [6, 6.07) is 7.22. The molecule has 1 saturated heterocycles. The molecule has 0 radical (unpaired) electrons. The first-order chi connectivity index (χ1) is 13.8. The smallest absolute Gasteiger partial charge is 0.295 e. The molecule has 0 aliphatic carbocycles. The Bertz CT molecular complexity index is 937. The number of methoxy groups -OCH3 is 1. The molecule has 1 aliphatic rings. The number of hydrogen-bond donors (Lipinski definition) is 1. The minimum absolute atomic E-state index is 0.0146. The lowest BCUT2D eigenvalue weighted by atomic mass is 9.99. The van der Waals surface area contributed by atoms with Crippen LogP contribution in [0.5, 0.6) is 5.75 Å². The van der Waals surface area contributed by atoms with Crippen molar-refractivity contribution < 1.29 is 23.8 Å². The van der Waals surface area contributed by atoms with E-state index in [-0.39, 0.29) is 11.3 Å². The summed E-state index contributed by atoms with van der Waals surface area (Å²) in [6.07, 6.45) is 2.15. The molecule has 1 aromatic carbocycles. The second kappa shape index (κ2) is 8.71. The first kappa shape index (κ1) is 21.0. The van der Waals surface area contributed by atoms with Crippen LogP contribution in [-0.4, -0.2) is 60.9 Å².